The number of hydrogen-bond donors (Lipinski definition) is 2. The van der Waals surface area contributed by atoms with Gasteiger partial charge in [0.05, 0.1) is 11.8 Å². The van der Waals surface area contributed by atoms with E-state index in [2.05, 4.69) is 4.98 Å². The first-order chi connectivity index (χ1) is 16.1. The molecular formula is C27H24N2O4. The van der Waals surface area contributed by atoms with Gasteiger partial charge in [-0.2, -0.15) is 0 Å². The monoisotopic (exact) mass is 440 g/mol. The maximum absolute atomic E-state index is 13.1. The van der Waals surface area contributed by atoms with Crippen LogP contribution in [-0.4, -0.2) is 33.2 Å². The number of benzene rings is 2. The van der Waals surface area contributed by atoms with Gasteiger partial charge in [0, 0.05) is 29.2 Å². The van der Waals surface area contributed by atoms with Gasteiger partial charge < -0.3 is 19.4 Å². The summed E-state index contributed by atoms with van der Waals surface area (Å²) < 4.78 is 5.61. The van der Waals surface area contributed by atoms with E-state index in [4.69, 9.17) is 4.42 Å². The number of aliphatic hydroxyl groups is 1. The predicted molar refractivity (Wildman–Crippen MR) is 126 cm³/mol. The van der Waals surface area contributed by atoms with Crippen LogP contribution in [0.4, 0.5) is 0 Å². The van der Waals surface area contributed by atoms with Crippen molar-refractivity contribution in [3.05, 3.63) is 101 Å². The van der Waals surface area contributed by atoms with Gasteiger partial charge in [0.15, 0.2) is 0 Å². The van der Waals surface area contributed by atoms with Crippen molar-refractivity contribution in [3.8, 4) is 0 Å². The number of amides is 1. The highest BCUT2D eigenvalue weighted by Crippen LogP contribution is 2.39. The van der Waals surface area contributed by atoms with Gasteiger partial charge in [0.1, 0.15) is 17.6 Å². The quantitative estimate of drug-likeness (QED) is 0.251. The molecule has 1 unspecified atom stereocenters. The van der Waals surface area contributed by atoms with Crippen molar-refractivity contribution >= 4 is 28.4 Å². The molecule has 33 heavy (non-hydrogen) atoms. The summed E-state index contributed by atoms with van der Waals surface area (Å²) in [5.74, 6) is -1.08. The van der Waals surface area contributed by atoms with E-state index in [1.165, 1.54) is 11.2 Å². The number of aliphatic hydroxyl groups excluding tert-OH is 1. The third-order valence-electron chi connectivity index (χ3n) is 6.29. The number of rotatable bonds is 6. The molecule has 0 radical (unpaired) electrons. The largest absolute Gasteiger partial charge is 0.507 e. The molecule has 4 aromatic rings. The van der Waals surface area contributed by atoms with Crippen molar-refractivity contribution < 1.29 is 19.1 Å². The Balaban J connectivity index is 1.52. The zero-order valence-electron chi connectivity index (χ0n) is 18.2. The first kappa shape index (κ1) is 20.8. The lowest BCUT2D eigenvalue weighted by Crippen LogP contribution is -2.31. The van der Waals surface area contributed by atoms with Crippen LogP contribution in [0.15, 0.2) is 83.1 Å². The van der Waals surface area contributed by atoms with Gasteiger partial charge in [0.25, 0.3) is 11.7 Å². The predicted octanol–water partition coefficient (Wildman–Crippen LogP) is 4.99. The minimum atomic E-state index is -0.781. The number of aromatic nitrogens is 1. The van der Waals surface area contributed by atoms with Gasteiger partial charge in [-0.1, -0.05) is 49.4 Å². The highest BCUT2D eigenvalue weighted by Gasteiger charge is 2.47. The van der Waals surface area contributed by atoms with Crippen LogP contribution in [0.25, 0.3) is 16.7 Å². The molecule has 2 N–H and O–H groups in total. The minimum absolute atomic E-state index is 0.0538. The number of para-hydroxylation sites is 1. The summed E-state index contributed by atoms with van der Waals surface area (Å²) in [6.45, 7) is 2.36. The summed E-state index contributed by atoms with van der Waals surface area (Å²) >= 11 is 0. The molecular weight excluding hydrogens is 416 g/mol. The third-order valence-corrected chi connectivity index (χ3v) is 6.29. The normalized spacial score (nSPS) is 17.8. The molecule has 1 aliphatic heterocycles. The van der Waals surface area contributed by atoms with Crippen LogP contribution in [0.2, 0.25) is 0 Å². The summed E-state index contributed by atoms with van der Waals surface area (Å²) in [6, 6.07) is 18.0. The van der Waals surface area contributed by atoms with Crippen molar-refractivity contribution in [3.63, 3.8) is 0 Å². The van der Waals surface area contributed by atoms with E-state index < -0.39 is 17.7 Å². The highest BCUT2D eigenvalue weighted by atomic mass is 16.3. The van der Waals surface area contributed by atoms with E-state index in [0.29, 0.717) is 24.3 Å². The van der Waals surface area contributed by atoms with E-state index in [9.17, 15) is 14.7 Å². The van der Waals surface area contributed by atoms with Gasteiger partial charge in [-0.05, 0) is 42.2 Å². The fourth-order valence-corrected chi connectivity index (χ4v) is 4.49. The van der Waals surface area contributed by atoms with Crippen LogP contribution in [-0.2, 0) is 22.4 Å². The number of carbonyl (C=O) groups excluding carboxylic acids is 2. The molecule has 5 rings (SSSR count). The molecule has 0 saturated carbocycles. The molecule has 1 aliphatic rings. The smallest absolute Gasteiger partial charge is 0.295 e. The summed E-state index contributed by atoms with van der Waals surface area (Å²) in [5, 5.41) is 12.2. The molecule has 1 amide bonds. The second-order valence-corrected chi connectivity index (χ2v) is 8.17. The number of nitrogens with one attached hydrogen (secondary N) is 1. The van der Waals surface area contributed by atoms with E-state index in [-0.39, 0.29) is 11.3 Å². The Morgan fingerprint density at radius 3 is 2.58 bits per heavy atom. The summed E-state index contributed by atoms with van der Waals surface area (Å²) in [4.78, 5) is 30.9. The second kappa shape index (κ2) is 8.47. The SMILES string of the molecule is CCc1ccc(/C(O)=C2/C(=O)C(=O)N(CCc3c[nH]c4ccccc34)C2c2ccco2)cc1. The Labute approximate surface area is 191 Å². The number of Topliss-reactive ketones (excluding diaryl/α,β-unsaturated/α-hetero) is 1. The van der Waals surface area contributed by atoms with Gasteiger partial charge in [-0.3, -0.25) is 9.59 Å². The molecule has 0 spiro atoms. The standard InChI is InChI=1S/C27H24N2O4/c1-2-17-9-11-18(12-10-17)25(30)23-24(22-8-5-15-33-22)29(27(32)26(23)31)14-13-19-16-28-21-7-4-3-6-20(19)21/h3-12,15-16,24,28,30H,2,13-14H2,1H3/b25-23-. The molecule has 166 valence electrons. The Hall–Kier alpha value is -4.06. The summed E-state index contributed by atoms with van der Waals surface area (Å²) in [6.07, 6.45) is 4.86. The number of nitrogens with zero attached hydrogens (tertiary/aromatic N) is 1. The average molecular weight is 440 g/mol. The van der Waals surface area contributed by atoms with Crippen LogP contribution >= 0.6 is 0 Å². The summed E-state index contributed by atoms with van der Waals surface area (Å²) in [7, 11) is 0. The lowest BCUT2D eigenvalue weighted by Gasteiger charge is -2.23. The lowest BCUT2D eigenvalue weighted by atomic mass is 9.98. The van der Waals surface area contributed by atoms with Crippen LogP contribution in [0.3, 0.4) is 0 Å². The Morgan fingerprint density at radius 1 is 1.06 bits per heavy atom. The van der Waals surface area contributed by atoms with Crippen LogP contribution < -0.4 is 0 Å². The molecule has 3 heterocycles. The third kappa shape index (κ3) is 3.63. The number of H-pyrrole nitrogens is 1. The van der Waals surface area contributed by atoms with Crippen molar-refractivity contribution in [1.29, 1.82) is 0 Å². The van der Waals surface area contributed by atoms with Crippen molar-refractivity contribution in [2.24, 2.45) is 0 Å². The van der Waals surface area contributed by atoms with Crippen molar-refractivity contribution in [1.82, 2.24) is 9.88 Å². The van der Waals surface area contributed by atoms with Crippen molar-refractivity contribution in [2.45, 2.75) is 25.8 Å². The van der Waals surface area contributed by atoms with Crippen molar-refractivity contribution in [2.75, 3.05) is 6.54 Å². The zero-order chi connectivity index (χ0) is 22.9. The molecule has 6 nitrogen and oxygen atoms in total. The number of ketones is 1. The maximum atomic E-state index is 13.1. The molecule has 0 bridgehead atoms. The minimum Gasteiger partial charge on any atom is -0.507 e. The Morgan fingerprint density at radius 2 is 1.85 bits per heavy atom. The number of furan rings is 1. The molecule has 6 heteroatoms. The van der Waals surface area contributed by atoms with Crippen LogP contribution in [0, 0.1) is 0 Å². The number of aryl methyl sites for hydroxylation is 1. The fraction of sp³-hybridized carbons (Fsp3) is 0.185. The zero-order valence-corrected chi connectivity index (χ0v) is 18.2. The Bertz CT molecular complexity index is 1350. The van der Waals surface area contributed by atoms with Crippen LogP contribution in [0.1, 0.15) is 35.4 Å². The number of hydrogen-bond acceptors (Lipinski definition) is 4. The first-order valence-electron chi connectivity index (χ1n) is 11.0. The Kier molecular flexibility index (Phi) is 5.34. The number of carbonyl (C=O) groups is 2. The maximum Gasteiger partial charge on any atom is 0.295 e. The molecule has 1 fully saturated rings. The molecule has 2 aromatic heterocycles. The first-order valence-corrected chi connectivity index (χ1v) is 11.0. The number of fused-ring (bicyclic) bond motifs is 1. The molecule has 1 atom stereocenters. The van der Waals surface area contributed by atoms with Gasteiger partial charge in [-0.25, -0.2) is 0 Å². The fourth-order valence-electron chi connectivity index (χ4n) is 4.49. The molecule has 1 saturated heterocycles. The molecule has 0 aliphatic carbocycles. The van der Waals surface area contributed by atoms with E-state index in [1.807, 2.05) is 49.5 Å². The van der Waals surface area contributed by atoms with E-state index in [1.54, 1.807) is 24.3 Å². The van der Waals surface area contributed by atoms with Gasteiger partial charge in [-0.15, -0.1) is 0 Å². The average Bonchev–Trinajstić information content (AvgIpc) is 3.57. The highest BCUT2D eigenvalue weighted by molar-refractivity contribution is 6.46. The molecule has 2 aromatic carbocycles. The second-order valence-electron chi connectivity index (χ2n) is 8.17. The van der Waals surface area contributed by atoms with E-state index in [0.717, 1.165) is 28.5 Å². The number of aromatic amines is 1. The lowest BCUT2D eigenvalue weighted by molar-refractivity contribution is -0.140. The van der Waals surface area contributed by atoms with Crippen LogP contribution in [0.5, 0.6) is 0 Å². The van der Waals surface area contributed by atoms with E-state index >= 15 is 0 Å². The topological polar surface area (TPSA) is 86.5 Å². The van der Waals surface area contributed by atoms with Gasteiger partial charge >= 0.3 is 0 Å². The summed E-state index contributed by atoms with van der Waals surface area (Å²) in [5.41, 5.74) is 3.75. The van der Waals surface area contributed by atoms with Gasteiger partial charge in [0.2, 0.25) is 0 Å². The number of likely N-dealkylation sites (tertiary alicyclic amines) is 1.